The Labute approximate surface area is 168 Å². The molecular formula is C22H22N2O5. The molecule has 7 heteroatoms. The van der Waals surface area contributed by atoms with E-state index in [2.05, 4.69) is 5.10 Å². The normalized spacial score (nSPS) is 17.0. The molecule has 0 bridgehead atoms. The maximum Gasteiger partial charge on any atom is 0.312 e. The molecule has 0 aromatic heterocycles. The van der Waals surface area contributed by atoms with Gasteiger partial charge in [0.2, 0.25) is 0 Å². The van der Waals surface area contributed by atoms with Crippen LogP contribution >= 0.6 is 0 Å². The molecule has 1 aliphatic rings. The Morgan fingerprint density at radius 3 is 2.48 bits per heavy atom. The summed E-state index contributed by atoms with van der Waals surface area (Å²) in [6.07, 6.45) is -0.0157. The molecule has 2 unspecified atom stereocenters. The number of nitrogens with zero attached hydrogens (tertiary/aromatic N) is 2. The van der Waals surface area contributed by atoms with E-state index in [1.165, 1.54) is 19.0 Å². The van der Waals surface area contributed by atoms with Crippen LogP contribution in [0.1, 0.15) is 18.1 Å². The van der Waals surface area contributed by atoms with E-state index < -0.39 is 23.7 Å². The van der Waals surface area contributed by atoms with E-state index in [9.17, 15) is 19.5 Å². The number of amides is 1. The van der Waals surface area contributed by atoms with Gasteiger partial charge in [-0.05, 0) is 30.2 Å². The lowest BCUT2D eigenvalue weighted by Gasteiger charge is -2.15. The van der Waals surface area contributed by atoms with Crippen LogP contribution in [0.2, 0.25) is 0 Å². The average molecular weight is 394 g/mol. The Kier molecular flexibility index (Phi) is 6.07. The van der Waals surface area contributed by atoms with Gasteiger partial charge in [0.25, 0.3) is 5.91 Å². The maximum atomic E-state index is 13.0. The number of carbonyl (C=O) groups excluding carboxylic acids is 2. The van der Waals surface area contributed by atoms with Gasteiger partial charge in [0.05, 0.1) is 25.3 Å². The van der Waals surface area contributed by atoms with Crippen LogP contribution in [0.3, 0.4) is 0 Å². The van der Waals surface area contributed by atoms with Crippen LogP contribution in [0, 0.1) is 11.8 Å². The minimum Gasteiger partial charge on any atom is -0.497 e. The highest BCUT2D eigenvalue weighted by Crippen LogP contribution is 2.26. The molecular weight excluding hydrogens is 372 g/mol. The highest BCUT2D eigenvalue weighted by atomic mass is 16.5. The number of rotatable bonds is 8. The van der Waals surface area contributed by atoms with E-state index in [0.29, 0.717) is 11.3 Å². The molecule has 1 amide bonds. The van der Waals surface area contributed by atoms with Crippen molar-refractivity contribution in [1.29, 1.82) is 0 Å². The van der Waals surface area contributed by atoms with Crippen molar-refractivity contribution in [3.63, 3.8) is 0 Å². The molecule has 2 aromatic rings. The molecule has 1 N–H and O–H groups in total. The number of ether oxygens (including phenoxy) is 1. The smallest absolute Gasteiger partial charge is 0.312 e. The van der Waals surface area contributed by atoms with Crippen LogP contribution < -0.4 is 4.74 Å². The molecule has 0 fully saturated rings. The Morgan fingerprint density at radius 2 is 1.83 bits per heavy atom. The number of aliphatic carboxylic acids is 1. The van der Waals surface area contributed by atoms with Gasteiger partial charge in [-0.1, -0.05) is 42.5 Å². The zero-order chi connectivity index (χ0) is 21.0. The van der Waals surface area contributed by atoms with Gasteiger partial charge in [-0.2, -0.15) is 5.10 Å². The van der Waals surface area contributed by atoms with Gasteiger partial charge in [-0.15, -0.1) is 0 Å². The predicted octanol–water partition coefficient (Wildman–Crippen LogP) is 2.54. The van der Waals surface area contributed by atoms with Gasteiger partial charge in [-0.3, -0.25) is 14.4 Å². The number of benzene rings is 2. The summed E-state index contributed by atoms with van der Waals surface area (Å²) in [5.74, 6) is -3.64. The van der Waals surface area contributed by atoms with Crippen LogP contribution in [-0.4, -0.2) is 40.6 Å². The van der Waals surface area contributed by atoms with Crippen LogP contribution in [0.15, 0.2) is 59.7 Å². The highest BCUT2D eigenvalue weighted by Gasteiger charge is 2.44. The van der Waals surface area contributed by atoms with Crippen molar-refractivity contribution in [3.8, 4) is 5.75 Å². The fraction of sp³-hybridized carbons (Fsp3) is 0.273. The summed E-state index contributed by atoms with van der Waals surface area (Å²) in [4.78, 5) is 37.5. The summed E-state index contributed by atoms with van der Waals surface area (Å²) in [6.45, 7) is 1.62. The van der Waals surface area contributed by atoms with E-state index in [-0.39, 0.29) is 24.5 Å². The van der Waals surface area contributed by atoms with E-state index in [1.807, 2.05) is 30.3 Å². The van der Waals surface area contributed by atoms with Crippen molar-refractivity contribution >= 4 is 23.4 Å². The van der Waals surface area contributed by atoms with Crippen molar-refractivity contribution < 1.29 is 24.2 Å². The maximum absolute atomic E-state index is 13.0. The van der Waals surface area contributed by atoms with Gasteiger partial charge >= 0.3 is 5.97 Å². The third kappa shape index (κ3) is 4.51. The molecule has 2 aromatic carbocycles. The summed E-state index contributed by atoms with van der Waals surface area (Å²) in [7, 11) is 1.53. The molecule has 3 rings (SSSR count). The fourth-order valence-electron chi connectivity index (χ4n) is 3.24. The lowest BCUT2D eigenvalue weighted by molar-refractivity contribution is -0.138. The Hall–Kier alpha value is -3.48. The van der Waals surface area contributed by atoms with Crippen molar-refractivity contribution in [2.75, 3.05) is 7.11 Å². The molecule has 1 heterocycles. The summed E-state index contributed by atoms with van der Waals surface area (Å²) >= 11 is 0. The molecule has 0 saturated carbocycles. The second-order valence-corrected chi connectivity index (χ2v) is 6.89. The molecule has 29 heavy (non-hydrogen) atoms. The monoisotopic (exact) mass is 394 g/mol. The number of hydrogen-bond donors (Lipinski definition) is 1. The number of carbonyl (C=O) groups is 3. The van der Waals surface area contributed by atoms with Crippen LogP contribution in [0.5, 0.6) is 5.75 Å². The van der Waals surface area contributed by atoms with Crippen molar-refractivity contribution in [2.24, 2.45) is 16.9 Å². The van der Waals surface area contributed by atoms with Crippen molar-refractivity contribution in [1.82, 2.24) is 5.01 Å². The number of Topliss-reactive ketones (excluding diaryl/α,β-unsaturated/α-hetero) is 1. The van der Waals surface area contributed by atoms with Crippen molar-refractivity contribution in [2.45, 2.75) is 19.9 Å². The Morgan fingerprint density at radius 1 is 1.14 bits per heavy atom. The molecule has 0 saturated heterocycles. The first kappa shape index (κ1) is 20.3. The fourth-order valence-corrected chi connectivity index (χ4v) is 3.24. The third-order valence-corrected chi connectivity index (χ3v) is 4.86. The van der Waals surface area contributed by atoms with Crippen LogP contribution in [-0.2, 0) is 27.3 Å². The average Bonchev–Trinajstić information content (AvgIpc) is 3.04. The number of hydrazone groups is 1. The van der Waals surface area contributed by atoms with Crippen molar-refractivity contribution in [3.05, 3.63) is 65.7 Å². The Bertz CT molecular complexity index is 955. The van der Waals surface area contributed by atoms with Gasteiger partial charge < -0.3 is 9.84 Å². The number of methoxy groups -OCH3 is 1. The van der Waals surface area contributed by atoms with Gasteiger partial charge in [-0.25, -0.2) is 5.01 Å². The number of carboxylic acid groups (broad SMARTS) is 1. The van der Waals surface area contributed by atoms with E-state index in [0.717, 1.165) is 5.56 Å². The summed E-state index contributed by atoms with van der Waals surface area (Å²) in [5.41, 5.74) is 1.60. The highest BCUT2D eigenvalue weighted by molar-refractivity contribution is 6.26. The molecule has 0 radical (unpaired) electrons. The standard InChI is InChI=1S/C22H22N2O5/c1-14(22(27)28)20-19(18(25)12-16-9-6-10-17(11-16)29-2)21(26)24(23-20)13-15-7-4-3-5-8-15/h3-11,14,19H,12-13H2,1-2H3,(H,27,28). The van der Waals surface area contributed by atoms with Crippen LogP contribution in [0.4, 0.5) is 0 Å². The predicted molar refractivity (Wildman–Crippen MR) is 106 cm³/mol. The molecule has 0 spiro atoms. The van der Waals surface area contributed by atoms with E-state index in [4.69, 9.17) is 4.74 Å². The quantitative estimate of drug-likeness (QED) is 0.694. The second-order valence-electron chi connectivity index (χ2n) is 6.89. The number of ketones is 1. The largest absolute Gasteiger partial charge is 0.497 e. The van der Waals surface area contributed by atoms with Crippen LogP contribution in [0.25, 0.3) is 0 Å². The summed E-state index contributed by atoms with van der Waals surface area (Å²) in [6, 6.07) is 16.2. The zero-order valence-corrected chi connectivity index (χ0v) is 16.2. The zero-order valence-electron chi connectivity index (χ0n) is 16.2. The molecule has 150 valence electrons. The van der Waals surface area contributed by atoms with E-state index in [1.54, 1.807) is 24.3 Å². The topological polar surface area (TPSA) is 96.3 Å². The first-order valence-electron chi connectivity index (χ1n) is 9.23. The summed E-state index contributed by atoms with van der Waals surface area (Å²) < 4.78 is 5.17. The lowest BCUT2D eigenvalue weighted by atomic mass is 9.87. The van der Waals surface area contributed by atoms with Gasteiger partial charge in [0.15, 0.2) is 5.78 Å². The van der Waals surface area contributed by atoms with Gasteiger partial charge in [0.1, 0.15) is 11.7 Å². The Balaban J connectivity index is 1.86. The summed E-state index contributed by atoms with van der Waals surface area (Å²) in [5, 5.41) is 14.9. The molecule has 7 nitrogen and oxygen atoms in total. The lowest BCUT2D eigenvalue weighted by Crippen LogP contribution is -2.37. The SMILES string of the molecule is COc1cccc(CC(=O)C2C(=O)N(Cc3ccccc3)N=C2C(C)C(=O)O)c1. The number of hydrogen-bond acceptors (Lipinski definition) is 5. The third-order valence-electron chi connectivity index (χ3n) is 4.86. The second kappa shape index (κ2) is 8.68. The molecule has 2 atom stereocenters. The molecule has 0 aliphatic carbocycles. The minimum atomic E-state index is -1.20. The number of carboxylic acids is 1. The van der Waals surface area contributed by atoms with Gasteiger partial charge in [0, 0.05) is 6.42 Å². The van der Waals surface area contributed by atoms with E-state index >= 15 is 0 Å². The molecule has 1 aliphatic heterocycles. The first-order valence-corrected chi connectivity index (χ1v) is 9.23. The minimum absolute atomic E-state index is 0.0157. The first-order chi connectivity index (χ1) is 13.9.